The molecule has 0 spiro atoms. The van der Waals surface area contributed by atoms with Crippen LogP contribution in [0.25, 0.3) is 0 Å². The Balaban J connectivity index is 1.96. The number of aromatic nitrogens is 3. The zero-order chi connectivity index (χ0) is 13.7. The highest BCUT2D eigenvalue weighted by Gasteiger charge is 2.09. The summed E-state index contributed by atoms with van der Waals surface area (Å²) in [6, 6.07) is 8.25. The molecular weight excluding hydrogens is 324 g/mol. The van der Waals surface area contributed by atoms with Gasteiger partial charge in [0, 0.05) is 16.6 Å². The zero-order valence-corrected chi connectivity index (χ0v) is 13.2. The number of aryl methyl sites for hydroxylation is 1. The van der Waals surface area contributed by atoms with E-state index >= 15 is 0 Å². The van der Waals surface area contributed by atoms with Gasteiger partial charge >= 0.3 is 0 Å². The van der Waals surface area contributed by atoms with E-state index in [-0.39, 0.29) is 0 Å². The fourth-order valence-corrected chi connectivity index (χ4v) is 2.74. The van der Waals surface area contributed by atoms with Crippen LogP contribution < -0.4 is 5.84 Å². The smallest absolute Gasteiger partial charge is 0.210 e. The van der Waals surface area contributed by atoms with Crippen LogP contribution in [0.1, 0.15) is 31.2 Å². The summed E-state index contributed by atoms with van der Waals surface area (Å²) < 4.78 is 2.70. The molecule has 0 bridgehead atoms. The van der Waals surface area contributed by atoms with E-state index in [4.69, 9.17) is 5.84 Å². The van der Waals surface area contributed by atoms with Crippen LogP contribution >= 0.6 is 27.7 Å². The van der Waals surface area contributed by atoms with Gasteiger partial charge in [-0.15, -0.1) is 10.2 Å². The minimum atomic E-state index is 0.772. The highest BCUT2D eigenvalue weighted by molar-refractivity contribution is 9.10. The summed E-state index contributed by atoms with van der Waals surface area (Å²) in [6.07, 6.45) is 3.11. The van der Waals surface area contributed by atoms with E-state index in [2.05, 4.69) is 45.2 Å². The SMILES string of the molecule is CCCCc1nnc(SCc2ccc(Br)cc2)n1N. The van der Waals surface area contributed by atoms with Crippen molar-refractivity contribution in [2.75, 3.05) is 5.84 Å². The third-order valence-corrected chi connectivity index (χ3v) is 4.31. The van der Waals surface area contributed by atoms with Crippen molar-refractivity contribution in [1.82, 2.24) is 14.9 Å². The fraction of sp³-hybridized carbons (Fsp3) is 0.385. The van der Waals surface area contributed by atoms with Crippen LogP contribution in [0.2, 0.25) is 0 Å². The summed E-state index contributed by atoms with van der Waals surface area (Å²) in [6.45, 7) is 2.15. The molecule has 0 radical (unpaired) electrons. The number of rotatable bonds is 6. The molecule has 6 heteroatoms. The van der Waals surface area contributed by atoms with E-state index in [1.54, 1.807) is 16.4 Å². The summed E-state index contributed by atoms with van der Waals surface area (Å²) in [7, 11) is 0. The highest BCUT2D eigenvalue weighted by Crippen LogP contribution is 2.21. The maximum atomic E-state index is 6.00. The monoisotopic (exact) mass is 340 g/mol. The lowest BCUT2D eigenvalue weighted by Gasteiger charge is -2.03. The number of halogens is 1. The maximum Gasteiger partial charge on any atom is 0.210 e. The van der Waals surface area contributed by atoms with Gasteiger partial charge in [0.1, 0.15) is 0 Å². The van der Waals surface area contributed by atoms with E-state index in [1.165, 1.54) is 5.56 Å². The van der Waals surface area contributed by atoms with E-state index in [0.29, 0.717) is 0 Å². The number of hydrogen-bond acceptors (Lipinski definition) is 4. The van der Waals surface area contributed by atoms with Gasteiger partial charge in [0.15, 0.2) is 5.82 Å². The average Bonchev–Trinajstić information content (AvgIpc) is 2.77. The van der Waals surface area contributed by atoms with E-state index in [0.717, 1.165) is 40.5 Å². The van der Waals surface area contributed by atoms with Crippen molar-refractivity contribution >= 4 is 27.7 Å². The van der Waals surface area contributed by atoms with Crippen molar-refractivity contribution in [3.05, 3.63) is 40.1 Å². The number of hydrogen-bond donors (Lipinski definition) is 1. The standard InChI is InChI=1S/C13H17BrN4S/c1-2-3-4-12-16-17-13(18(12)15)19-9-10-5-7-11(14)8-6-10/h5-8H,2-4,9,15H2,1H3. The molecule has 0 amide bonds. The first kappa shape index (κ1) is 14.4. The van der Waals surface area contributed by atoms with Crippen LogP contribution in [0.5, 0.6) is 0 Å². The van der Waals surface area contributed by atoms with Crippen molar-refractivity contribution < 1.29 is 0 Å². The molecule has 0 aliphatic rings. The van der Waals surface area contributed by atoms with Crippen LogP contribution in [-0.4, -0.2) is 14.9 Å². The Labute approximate surface area is 125 Å². The van der Waals surface area contributed by atoms with E-state index in [9.17, 15) is 0 Å². The second-order valence-electron chi connectivity index (χ2n) is 4.29. The Bertz CT molecular complexity index is 524. The Hall–Kier alpha value is -1.01. The molecule has 0 aliphatic carbocycles. The normalized spacial score (nSPS) is 10.8. The third kappa shape index (κ3) is 3.98. The Morgan fingerprint density at radius 2 is 2.00 bits per heavy atom. The number of thioether (sulfide) groups is 1. The summed E-state index contributed by atoms with van der Waals surface area (Å²) in [5, 5.41) is 9.05. The van der Waals surface area contributed by atoms with Crippen LogP contribution in [0.4, 0.5) is 0 Å². The molecule has 1 aromatic carbocycles. The van der Waals surface area contributed by atoms with Crippen molar-refractivity contribution in [3.8, 4) is 0 Å². The molecule has 2 rings (SSSR count). The van der Waals surface area contributed by atoms with Crippen molar-refractivity contribution in [1.29, 1.82) is 0 Å². The summed E-state index contributed by atoms with van der Waals surface area (Å²) in [5.41, 5.74) is 1.24. The lowest BCUT2D eigenvalue weighted by molar-refractivity contribution is 0.712. The van der Waals surface area contributed by atoms with Gasteiger partial charge in [0.25, 0.3) is 0 Å². The number of unbranched alkanes of at least 4 members (excludes halogenated alkanes) is 1. The van der Waals surface area contributed by atoms with Crippen LogP contribution in [0.15, 0.2) is 33.9 Å². The predicted molar refractivity (Wildman–Crippen MR) is 82.5 cm³/mol. The molecule has 1 aromatic heterocycles. The van der Waals surface area contributed by atoms with Gasteiger partial charge in [0.2, 0.25) is 5.16 Å². The molecule has 2 aromatic rings. The lowest BCUT2D eigenvalue weighted by atomic mass is 10.2. The van der Waals surface area contributed by atoms with E-state index in [1.807, 2.05) is 12.1 Å². The average molecular weight is 341 g/mol. The minimum Gasteiger partial charge on any atom is -0.336 e. The molecule has 0 saturated heterocycles. The number of nitrogens with zero attached hydrogens (tertiary/aromatic N) is 3. The second kappa shape index (κ2) is 6.96. The summed E-state index contributed by atoms with van der Waals surface area (Å²) in [4.78, 5) is 0. The largest absolute Gasteiger partial charge is 0.336 e. The summed E-state index contributed by atoms with van der Waals surface area (Å²) >= 11 is 5.04. The Morgan fingerprint density at radius 1 is 1.26 bits per heavy atom. The van der Waals surface area contributed by atoms with Gasteiger partial charge in [-0.3, -0.25) is 0 Å². The topological polar surface area (TPSA) is 56.7 Å². The van der Waals surface area contributed by atoms with Crippen LogP contribution in [0.3, 0.4) is 0 Å². The van der Waals surface area contributed by atoms with E-state index < -0.39 is 0 Å². The number of nitrogens with two attached hydrogens (primary N) is 1. The predicted octanol–water partition coefficient (Wildman–Crippen LogP) is 3.39. The molecule has 4 nitrogen and oxygen atoms in total. The van der Waals surface area contributed by atoms with Crippen molar-refractivity contribution in [2.24, 2.45) is 0 Å². The molecule has 19 heavy (non-hydrogen) atoms. The highest BCUT2D eigenvalue weighted by atomic mass is 79.9. The third-order valence-electron chi connectivity index (χ3n) is 2.77. The first-order valence-corrected chi connectivity index (χ1v) is 8.05. The van der Waals surface area contributed by atoms with Gasteiger partial charge in [0.05, 0.1) is 0 Å². The molecule has 0 aliphatic heterocycles. The molecule has 2 N–H and O–H groups in total. The quantitative estimate of drug-likeness (QED) is 0.646. The first-order valence-electron chi connectivity index (χ1n) is 6.27. The maximum absolute atomic E-state index is 6.00. The van der Waals surface area contributed by atoms with Gasteiger partial charge in [-0.1, -0.05) is 53.2 Å². The summed E-state index contributed by atoms with van der Waals surface area (Å²) in [5.74, 6) is 7.70. The molecule has 1 heterocycles. The molecule has 0 fully saturated rings. The molecular formula is C13H17BrN4S. The fourth-order valence-electron chi connectivity index (χ4n) is 1.64. The van der Waals surface area contributed by atoms with Gasteiger partial charge in [-0.05, 0) is 24.1 Å². The molecule has 102 valence electrons. The van der Waals surface area contributed by atoms with Gasteiger partial charge in [-0.25, -0.2) is 4.68 Å². The van der Waals surface area contributed by atoms with Crippen LogP contribution in [-0.2, 0) is 12.2 Å². The Morgan fingerprint density at radius 3 is 2.68 bits per heavy atom. The molecule has 0 unspecified atom stereocenters. The molecule has 0 saturated carbocycles. The minimum absolute atomic E-state index is 0.772. The number of nitrogen functional groups attached to an aromatic ring is 1. The van der Waals surface area contributed by atoms with Gasteiger partial charge < -0.3 is 5.84 Å². The second-order valence-corrected chi connectivity index (χ2v) is 6.15. The zero-order valence-electron chi connectivity index (χ0n) is 10.8. The van der Waals surface area contributed by atoms with Crippen molar-refractivity contribution in [2.45, 2.75) is 37.1 Å². The Kier molecular flexibility index (Phi) is 5.27. The first-order chi connectivity index (χ1) is 9.20. The number of benzene rings is 1. The lowest BCUT2D eigenvalue weighted by Crippen LogP contribution is -2.14. The molecule has 0 atom stereocenters. The van der Waals surface area contributed by atoms with Crippen LogP contribution in [0, 0.1) is 0 Å². The van der Waals surface area contributed by atoms with Gasteiger partial charge in [-0.2, -0.15) is 0 Å². The van der Waals surface area contributed by atoms with Crippen molar-refractivity contribution in [3.63, 3.8) is 0 Å².